The van der Waals surface area contributed by atoms with Gasteiger partial charge in [0.2, 0.25) is 11.8 Å². The van der Waals surface area contributed by atoms with Crippen molar-refractivity contribution in [3.05, 3.63) is 24.3 Å². The zero-order valence-corrected chi connectivity index (χ0v) is 16.0. The maximum Gasteiger partial charge on any atom is 0.311 e. The predicted molar refractivity (Wildman–Crippen MR) is 103 cm³/mol. The molecule has 2 saturated heterocycles. The first kappa shape index (κ1) is 19.2. The van der Waals surface area contributed by atoms with Gasteiger partial charge in [0.05, 0.1) is 12.5 Å². The lowest BCUT2D eigenvalue weighted by Gasteiger charge is -2.36. The molecule has 27 heavy (non-hydrogen) atoms. The number of anilines is 2. The molecule has 1 atom stereocenters. The molecule has 2 amide bonds. The van der Waals surface area contributed by atoms with E-state index in [2.05, 4.69) is 4.90 Å². The SMILES string of the molecule is CCOC(=O)[C@H]1CC(=O)N(c2ccc(N3CCN(C(=O)CC)CC3)cc2)C1. The lowest BCUT2D eigenvalue weighted by molar-refractivity contribution is -0.147. The van der Waals surface area contributed by atoms with Crippen molar-refractivity contribution in [2.75, 3.05) is 49.1 Å². The Labute approximate surface area is 159 Å². The lowest BCUT2D eigenvalue weighted by atomic mass is 10.1. The molecular formula is C20H27N3O4. The normalized spacial score (nSPS) is 20.1. The summed E-state index contributed by atoms with van der Waals surface area (Å²) in [5.41, 5.74) is 1.88. The number of carbonyl (C=O) groups excluding carboxylic acids is 3. The van der Waals surface area contributed by atoms with Crippen LogP contribution in [0.3, 0.4) is 0 Å². The molecule has 2 aliphatic rings. The van der Waals surface area contributed by atoms with E-state index in [1.54, 1.807) is 11.8 Å². The highest BCUT2D eigenvalue weighted by Crippen LogP contribution is 2.28. The van der Waals surface area contributed by atoms with E-state index in [-0.39, 0.29) is 30.1 Å². The average Bonchev–Trinajstić information content (AvgIpc) is 3.09. The quantitative estimate of drug-likeness (QED) is 0.734. The van der Waals surface area contributed by atoms with Gasteiger partial charge in [0.15, 0.2) is 0 Å². The smallest absolute Gasteiger partial charge is 0.311 e. The molecule has 2 heterocycles. The van der Waals surface area contributed by atoms with Crippen molar-refractivity contribution in [1.82, 2.24) is 4.90 Å². The number of benzene rings is 1. The molecule has 0 saturated carbocycles. The maximum atomic E-state index is 12.3. The van der Waals surface area contributed by atoms with Gasteiger partial charge in [-0.3, -0.25) is 14.4 Å². The van der Waals surface area contributed by atoms with Gasteiger partial charge in [-0.25, -0.2) is 0 Å². The number of ether oxygens (including phenoxy) is 1. The molecule has 7 heteroatoms. The van der Waals surface area contributed by atoms with Gasteiger partial charge < -0.3 is 19.4 Å². The van der Waals surface area contributed by atoms with E-state index in [1.165, 1.54) is 0 Å². The van der Waals surface area contributed by atoms with Crippen LogP contribution in [0.25, 0.3) is 0 Å². The second-order valence-corrected chi connectivity index (χ2v) is 6.90. The number of piperazine rings is 1. The van der Waals surface area contributed by atoms with Crippen molar-refractivity contribution in [2.45, 2.75) is 26.7 Å². The van der Waals surface area contributed by atoms with Crippen molar-refractivity contribution >= 4 is 29.2 Å². The van der Waals surface area contributed by atoms with Crippen LogP contribution < -0.4 is 9.80 Å². The Morgan fingerprint density at radius 2 is 1.67 bits per heavy atom. The fourth-order valence-corrected chi connectivity index (χ4v) is 3.66. The third kappa shape index (κ3) is 4.23. The third-order valence-corrected chi connectivity index (χ3v) is 5.21. The van der Waals surface area contributed by atoms with E-state index in [0.29, 0.717) is 19.6 Å². The van der Waals surface area contributed by atoms with Crippen molar-refractivity contribution in [3.63, 3.8) is 0 Å². The van der Waals surface area contributed by atoms with E-state index in [9.17, 15) is 14.4 Å². The van der Waals surface area contributed by atoms with Crippen molar-refractivity contribution in [2.24, 2.45) is 5.92 Å². The number of carbonyl (C=O) groups is 3. The van der Waals surface area contributed by atoms with E-state index in [1.807, 2.05) is 36.1 Å². The second-order valence-electron chi connectivity index (χ2n) is 6.90. The van der Waals surface area contributed by atoms with Crippen molar-refractivity contribution in [3.8, 4) is 0 Å². The largest absolute Gasteiger partial charge is 0.466 e. The summed E-state index contributed by atoms with van der Waals surface area (Å²) in [7, 11) is 0. The molecule has 0 radical (unpaired) electrons. The zero-order valence-electron chi connectivity index (χ0n) is 16.0. The van der Waals surface area contributed by atoms with Crippen molar-refractivity contribution < 1.29 is 19.1 Å². The van der Waals surface area contributed by atoms with E-state index >= 15 is 0 Å². The summed E-state index contributed by atoms with van der Waals surface area (Å²) in [4.78, 5) is 41.8. The molecule has 1 aromatic carbocycles. The van der Waals surface area contributed by atoms with Gasteiger partial charge in [0, 0.05) is 56.9 Å². The molecule has 2 fully saturated rings. The minimum absolute atomic E-state index is 0.0486. The number of hydrogen-bond donors (Lipinski definition) is 0. The molecule has 0 aromatic heterocycles. The van der Waals surface area contributed by atoms with Crippen LogP contribution in [-0.4, -0.2) is 62.0 Å². The van der Waals surface area contributed by atoms with Crippen LogP contribution in [0.5, 0.6) is 0 Å². The zero-order chi connectivity index (χ0) is 19.4. The van der Waals surface area contributed by atoms with E-state index in [0.717, 1.165) is 37.6 Å². The molecule has 146 valence electrons. The monoisotopic (exact) mass is 373 g/mol. The van der Waals surface area contributed by atoms with Gasteiger partial charge in [-0.15, -0.1) is 0 Å². The Bertz CT molecular complexity index is 696. The lowest BCUT2D eigenvalue weighted by Crippen LogP contribution is -2.48. The highest BCUT2D eigenvalue weighted by Gasteiger charge is 2.36. The number of rotatable bonds is 5. The number of nitrogens with zero attached hydrogens (tertiary/aromatic N) is 3. The van der Waals surface area contributed by atoms with Crippen LogP contribution in [0, 0.1) is 5.92 Å². The number of amides is 2. The standard InChI is InChI=1S/C20H27N3O4/c1-3-18(24)22-11-9-21(10-12-22)16-5-7-17(8-6-16)23-14-15(13-19(23)25)20(26)27-4-2/h5-8,15H,3-4,9-14H2,1-2H3/t15-/m0/s1. The molecule has 0 N–H and O–H groups in total. The third-order valence-electron chi connectivity index (χ3n) is 5.21. The summed E-state index contributed by atoms with van der Waals surface area (Å²) in [6, 6.07) is 7.84. The molecule has 0 bridgehead atoms. The molecule has 0 aliphatic carbocycles. The van der Waals surface area contributed by atoms with Crippen LogP contribution >= 0.6 is 0 Å². The summed E-state index contributed by atoms with van der Waals surface area (Å²) in [6.45, 7) is 7.44. The molecule has 3 rings (SSSR count). The summed E-state index contributed by atoms with van der Waals surface area (Å²) >= 11 is 0. The first-order valence-corrected chi connectivity index (χ1v) is 9.63. The molecule has 0 spiro atoms. The van der Waals surface area contributed by atoms with Crippen LogP contribution in [0.1, 0.15) is 26.7 Å². The van der Waals surface area contributed by atoms with Crippen LogP contribution in [0.15, 0.2) is 24.3 Å². The first-order valence-electron chi connectivity index (χ1n) is 9.63. The molecule has 1 aromatic rings. The van der Waals surface area contributed by atoms with Gasteiger partial charge in [-0.1, -0.05) is 6.92 Å². The summed E-state index contributed by atoms with van der Waals surface area (Å²) in [6.07, 6.45) is 0.749. The van der Waals surface area contributed by atoms with E-state index < -0.39 is 0 Å². The van der Waals surface area contributed by atoms with Crippen LogP contribution in [0.2, 0.25) is 0 Å². The maximum absolute atomic E-state index is 12.3. The Hall–Kier alpha value is -2.57. The Kier molecular flexibility index (Phi) is 5.98. The van der Waals surface area contributed by atoms with E-state index in [4.69, 9.17) is 4.74 Å². The topological polar surface area (TPSA) is 70.2 Å². The molecule has 7 nitrogen and oxygen atoms in total. The van der Waals surface area contributed by atoms with Gasteiger partial charge in [-0.05, 0) is 31.2 Å². The number of esters is 1. The molecule has 0 unspecified atom stereocenters. The van der Waals surface area contributed by atoms with Gasteiger partial charge >= 0.3 is 5.97 Å². The fourth-order valence-electron chi connectivity index (χ4n) is 3.66. The summed E-state index contributed by atoms with van der Waals surface area (Å²) in [5, 5.41) is 0. The molecule has 2 aliphatic heterocycles. The highest BCUT2D eigenvalue weighted by molar-refractivity contribution is 5.99. The summed E-state index contributed by atoms with van der Waals surface area (Å²) in [5.74, 6) is -0.535. The van der Waals surface area contributed by atoms with Crippen LogP contribution in [0.4, 0.5) is 11.4 Å². The van der Waals surface area contributed by atoms with Gasteiger partial charge in [0.1, 0.15) is 0 Å². The predicted octanol–water partition coefficient (Wildman–Crippen LogP) is 1.66. The Balaban J connectivity index is 1.60. The molecular weight excluding hydrogens is 346 g/mol. The Morgan fingerprint density at radius 1 is 1.04 bits per heavy atom. The summed E-state index contributed by atoms with van der Waals surface area (Å²) < 4.78 is 5.04. The van der Waals surface area contributed by atoms with Gasteiger partial charge in [-0.2, -0.15) is 0 Å². The van der Waals surface area contributed by atoms with Crippen LogP contribution in [-0.2, 0) is 19.1 Å². The van der Waals surface area contributed by atoms with Crippen molar-refractivity contribution in [1.29, 1.82) is 0 Å². The Morgan fingerprint density at radius 3 is 2.26 bits per heavy atom. The minimum atomic E-state index is -0.388. The van der Waals surface area contributed by atoms with Gasteiger partial charge in [0.25, 0.3) is 0 Å². The highest BCUT2D eigenvalue weighted by atomic mass is 16.5. The fraction of sp³-hybridized carbons (Fsp3) is 0.550. The first-order chi connectivity index (χ1) is 13.0. The second kappa shape index (κ2) is 8.41. The average molecular weight is 373 g/mol. The number of hydrogen-bond acceptors (Lipinski definition) is 5. The minimum Gasteiger partial charge on any atom is -0.466 e.